The van der Waals surface area contributed by atoms with Crippen LogP contribution in [-0.4, -0.2) is 33.5 Å². The zero-order valence-corrected chi connectivity index (χ0v) is 12.0. The van der Waals surface area contributed by atoms with Gasteiger partial charge in [0.2, 0.25) is 0 Å². The van der Waals surface area contributed by atoms with Gasteiger partial charge in [0.1, 0.15) is 11.8 Å². The van der Waals surface area contributed by atoms with E-state index in [4.69, 9.17) is 5.26 Å². The fourth-order valence-corrected chi connectivity index (χ4v) is 2.82. The predicted molar refractivity (Wildman–Crippen MR) is 76.3 cm³/mol. The Morgan fingerprint density at radius 1 is 1.35 bits per heavy atom. The number of aromatic amines is 1. The van der Waals surface area contributed by atoms with E-state index in [-0.39, 0.29) is 30.1 Å². The maximum Gasteiger partial charge on any atom is 0.256 e. The molecule has 1 aliphatic rings. The van der Waals surface area contributed by atoms with Crippen LogP contribution in [0.2, 0.25) is 0 Å². The van der Waals surface area contributed by atoms with Crippen molar-refractivity contribution in [1.29, 1.82) is 5.26 Å². The number of hydrogen-bond acceptors (Lipinski definition) is 3. The monoisotopic (exact) mass is 317 g/mol. The fourth-order valence-electron chi connectivity index (χ4n) is 2.82. The summed E-state index contributed by atoms with van der Waals surface area (Å²) >= 11 is 0. The molecule has 1 aromatic heterocycles. The van der Waals surface area contributed by atoms with E-state index in [1.807, 2.05) is 6.07 Å². The van der Waals surface area contributed by atoms with E-state index >= 15 is 0 Å². The lowest BCUT2D eigenvalue weighted by Crippen LogP contribution is -2.31. The van der Waals surface area contributed by atoms with Crippen LogP contribution in [-0.2, 0) is 0 Å². The Kier molecular flexibility index (Phi) is 3.84. The van der Waals surface area contributed by atoms with Crippen molar-refractivity contribution < 1.29 is 18.7 Å². The Hall–Kier alpha value is -2.72. The van der Waals surface area contributed by atoms with Crippen molar-refractivity contribution in [2.75, 3.05) is 6.54 Å². The molecule has 0 bridgehead atoms. The Balaban J connectivity index is 1.91. The average Bonchev–Trinajstić information content (AvgIpc) is 3.16. The lowest BCUT2D eigenvalue weighted by atomic mass is 10.0. The van der Waals surface area contributed by atoms with Crippen molar-refractivity contribution in [2.45, 2.75) is 18.6 Å². The number of benzene rings is 1. The molecule has 1 saturated heterocycles. The van der Waals surface area contributed by atoms with Crippen molar-refractivity contribution >= 4 is 5.91 Å². The maximum absolute atomic E-state index is 13.4. The number of carbonyl (C=O) groups excluding carboxylic acids is 1. The first kappa shape index (κ1) is 15.2. The van der Waals surface area contributed by atoms with Gasteiger partial charge in [0, 0.05) is 12.7 Å². The van der Waals surface area contributed by atoms with Crippen LogP contribution >= 0.6 is 0 Å². The Morgan fingerprint density at radius 2 is 2.13 bits per heavy atom. The third-order valence-corrected chi connectivity index (χ3v) is 3.92. The lowest BCUT2D eigenvalue weighted by Gasteiger charge is -2.24. The molecule has 2 N–H and O–H groups in total. The number of nitrogens with one attached hydrogen (secondary N) is 1. The zero-order valence-electron chi connectivity index (χ0n) is 12.0. The highest BCUT2D eigenvalue weighted by atomic mass is 19.2. The fraction of sp³-hybridized carbons (Fsp3) is 0.250. The molecule has 2 aromatic rings. The van der Waals surface area contributed by atoms with Gasteiger partial charge in [0.25, 0.3) is 5.91 Å². The number of nitrogens with zero attached hydrogens (tertiary/aromatic N) is 2. The molecule has 23 heavy (non-hydrogen) atoms. The standard InChI is InChI=1S/C16H13F2N3O2/c17-13-2-1-9(4-14(13)18)15-5-12(22)8-21(15)16(23)10-3-11(6-19)20-7-10/h1-4,7,12,15,20,22H,5,8H2. The molecule has 0 radical (unpaired) electrons. The first-order valence-corrected chi connectivity index (χ1v) is 7.02. The van der Waals surface area contributed by atoms with Crippen molar-refractivity contribution in [3.05, 3.63) is 58.9 Å². The Morgan fingerprint density at radius 3 is 2.78 bits per heavy atom. The number of nitriles is 1. The van der Waals surface area contributed by atoms with Crippen LogP contribution < -0.4 is 0 Å². The normalized spacial score (nSPS) is 20.5. The summed E-state index contributed by atoms with van der Waals surface area (Å²) in [5.41, 5.74) is 0.950. The molecule has 2 heterocycles. The van der Waals surface area contributed by atoms with Gasteiger partial charge in [-0.2, -0.15) is 5.26 Å². The van der Waals surface area contributed by atoms with E-state index in [0.29, 0.717) is 5.56 Å². The third kappa shape index (κ3) is 2.81. The smallest absolute Gasteiger partial charge is 0.256 e. The number of carbonyl (C=O) groups is 1. The Bertz CT molecular complexity index is 797. The molecule has 5 nitrogen and oxygen atoms in total. The van der Waals surface area contributed by atoms with Gasteiger partial charge in [-0.25, -0.2) is 8.78 Å². The average molecular weight is 317 g/mol. The van der Waals surface area contributed by atoms with Crippen LogP contribution in [0.15, 0.2) is 30.5 Å². The number of aliphatic hydroxyl groups is 1. The van der Waals surface area contributed by atoms with Gasteiger partial charge >= 0.3 is 0 Å². The summed E-state index contributed by atoms with van der Waals surface area (Å²) < 4.78 is 26.5. The minimum atomic E-state index is -0.996. The van der Waals surface area contributed by atoms with Crippen LogP contribution in [0.1, 0.15) is 34.1 Å². The second-order valence-electron chi connectivity index (χ2n) is 5.45. The van der Waals surface area contributed by atoms with Crippen LogP contribution in [0, 0.1) is 23.0 Å². The molecule has 7 heteroatoms. The second-order valence-corrected chi connectivity index (χ2v) is 5.45. The van der Waals surface area contributed by atoms with Gasteiger partial charge in [-0.1, -0.05) is 6.07 Å². The molecule has 118 valence electrons. The van der Waals surface area contributed by atoms with Gasteiger partial charge in [-0.3, -0.25) is 4.79 Å². The molecule has 0 spiro atoms. The molecular formula is C16H13F2N3O2. The lowest BCUT2D eigenvalue weighted by molar-refractivity contribution is 0.0715. The summed E-state index contributed by atoms with van der Waals surface area (Å²) in [7, 11) is 0. The number of H-pyrrole nitrogens is 1. The molecule has 1 aromatic carbocycles. The highest BCUT2D eigenvalue weighted by Crippen LogP contribution is 2.34. The molecule has 2 unspecified atom stereocenters. The number of amides is 1. The van der Waals surface area contributed by atoms with E-state index in [2.05, 4.69) is 4.98 Å². The molecule has 2 atom stereocenters. The summed E-state index contributed by atoms with van der Waals surface area (Å²) in [6.45, 7) is 0.0928. The molecule has 0 aliphatic carbocycles. The van der Waals surface area contributed by atoms with Crippen LogP contribution in [0.3, 0.4) is 0 Å². The van der Waals surface area contributed by atoms with Gasteiger partial charge < -0.3 is 15.0 Å². The molecule has 1 aliphatic heterocycles. The quantitative estimate of drug-likeness (QED) is 0.890. The highest BCUT2D eigenvalue weighted by Gasteiger charge is 2.36. The van der Waals surface area contributed by atoms with Crippen molar-refractivity contribution in [1.82, 2.24) is 9.88 Å². The number of aliphatic hydroxyl groups excluding tert-OH is 1. The summed E-state index contributed by atoms with van der Waals surface area (Å²) in [6.07, 6.45) is 0.909. The van der Waals surface area contributed by atoms with Crippen molar-refractivity contribution in [3.63, 3.8) is 0 Å². The number of β-amino-alcohol motifs (C(OH)–C–C–N with tert-alkyl or cyclic N) is 1. The van der Waals surface area contributed by atoms with E-state index in [9.17, 15) is 18.7 Å². The van der Waals surface area contributed by atoms with E-state index in [1.165, 1.54) is 23.2 Å². The van der Waals surface area contributed by atoms with Crippen LogP contribution in [0.4, 0.5) is 8.78 Å². The van der Waals surface area contributed by atoms with E-state index in [0.717, 1.165) is 12.1 Å². The number of hydrogen-bond donors (Lipinski definition) is 2. The van der Waals surface area contributed by atoms with Gasteiger partial charge in [-0.05, 0) is 30.2 Å². The van der Waals surface area contributed by atoms with E-state index in [1.54, 1.807) is 0 Å². The molecule has 1 amide bonds. The van der Waals surface area contributed by atoms with Crippen molar-refractivity contribution in [2.24, 2.45) is 0 Å². The van der Waals surface area contributed by atoms with Gasteiger partial charge in [0.15, 0.2) is 11.6 Å². The third-order valence-electron chi connectivity index (χ3n) is 3.92. The molecule has 3 rings (SSSR count). The largest absolute Gasteiger partial charge is 0.391 e. The summed E-state index contributed by atoms with van der Waals surface area (Å²) in [5, 5.41) is 18.7. The van der Waals surface area contributed by atoms with Gasteiger partial charge in [0.05, 0.1) is 17.7 Å². The van der Waals surface area contributed by atoms with E-state index < -0.39 is 23.8 Å². The topological polar surface area (TPSA) is 80.1 Å². The summed E-state index contributed by atoms with van der Waals surface area (Å²) in [6, 6.07) is 6.20. The number of rotatable bonds is 2. The molecular weight excluding hydrogens is 304 g/mol. The SMILES string of the molecule is N#Cc1cc(C(=O)N2CC(O)CC2c2ccc(F)c(F)c2)c[nH]1. The Labute approximate surface area is 130 Å². The number of aromatic nitrogens is 1. The zero-order chi connectivity index (χ0) is 16.6. The van der Waals surface area contributed by atoms with Crippen LogP contribution in [0.25, 0.3) is 0 Å². The molecule has 0 saturated carbocycles. The molecule has 1 fully saturated rings. The first-order valence-electron chi connectivity index (χ1n) is 7.02. The number of halogens is 2. The minimum absolute atomic E-state index is 0.0928. The number of likely N-dealkylation sites (tertiary alicyclic amines) is 1. The minimum Gasteiger partial charge on any atom is -0.391 e. The van der Waals surface area contributed by atoms with Crippen LogP contribution in [0.5, 0.6) is 0 Å². The summed E-state index contributed by atoms with van der Waals surface area (Å²) in [4.78, 5) is 16.6. The summed E-state index contributed by atoms with van der Waals surface area (Å²) in [5.74, 6) is -2.34. The van der Waals surface area contributed by atoms with Crippen molar-refractivity contribution in [3.8, 4) is 6.07 Å². The van der Waals surface area contributed by atoms with Gasteiger partial charge in [-0.15, -0.1) is 0 Å². The highest BCUT2D eigenvalue weighted by molar-refractivity contribution is 5.95. The second kappa shape index (κ2) is 5.82. The first-order chi connectivity index (χ1) is 11.0. The predicted octanol–water partition coefficient (Wildman–Crippen LogP) is 2.11. The maximum atomic E-state index is 13.4.